The zero-order chi connectivity index (χ0) is 34.4. The smallest absolute Gasteiger partial charge is 0.227 e. The summed E-state index contributed by atoms with van der Waals surface area (Å²) in [6.45, 7) is 0. The van der Waals surface area contributed by atoms with Gasteiger partial charge in [-0.25, -0.2) is 4.98 Å². The van der Waals surface area contributed by atoms with E-state index in [-0.39, 0.29) is 0 Å². The third-order valence-corrected chi connectivity index (χ3v) is 10.0. The van der Waals surface area contributed by atoms with Crippen LogP contribution in [0.1, 0.15) is 0 Å². The van der Waals surface area contributed by atoms with Crippen molar-refractivity contribution >= 4 is 60.5 Å². The number of aromatic nitrogens is 1. The van der Waals surface area contributed by atoms with Gasteiger partial charge in [0.15, 0.2) is 5.58 Å². The first kappa shape index (κ1) is 29.9. The lowest BCUT2D eigenvalue weighted by Gasteiger charge is -2.26. The van der Waals surface area contributed by atoms with Gasteiger partial charge in [-0.2, -0.15) is 0 Å². The van der Waals surface area contributed by atoms with E-state index in [2.05, 4.69) is 169 Å². The molecule has 10 aromatic rings. The highest BCUT2D eigenvalue weighted by atomic mass is 16.3. The summed E-state index contributed by atoms with van der Waals surface area (Å²) < 4.78 is 6.65. The normalized spacial score (nSPS) is 11.5. The summed E-state index contributed by atoms with van der Waals surface area (Å²) in [5.74, 6) is 0.622. The van der Waals surface area contributed by atoms with E-state index in [0.29, 0.717) is 5.89 Å². The molecule has 0 atom stereocenters. The number of rotatable bonds is 6. The van der Waals surface area contributed by atoms with E-state index in [1.807, 2.05) is 30.3 Å². The van der Waals surface area contributed by atoms with Crippen molar-refractivity contribution in [1.29, 1.82) is 0 Å². The number of hydrogen-bond acceptors (Lipinski definition) is 3. The molecule has 0 aliphatic heterocycles. The summed E-state index contributed by atoms with van der Waals surface area (Å²) in [5.41, 5.74) is 10.6. The van der Waals surface area contributed by atoms with Gasteiger partial charge in [0, 0.05) is 28.0 Å². The molecule has 0 radical (unpaired) electrons. The van der Waals surface area contributed by atoms with Crippen LogP contribution in [0.2, 0.25) is 0 Å². The first-order chi connectivity index (χ1) is 25.8. The summed E-state index contributed by atoms with van der Waals surface area (Å²) in [4.78, 5) is 7.28. The van der Waals surface area contributed by atoms with Crippen molar-refractivity contribution in [2.45, 2.75) is 0 Å². The first-order valence-electron chi connectivity index (χ1n) is 17.6. The molecule has 0 spiro atoms. The van der Waals surface area contributed by atoms with Gasteiger partial charge in [0.2, 0.25) is 5.89 Å². The second-order valence-electron chi connectivity index (χ2n) is 13.2. The molecule has 0 saturated carbocycles. The Balaban J connectivity index is 1.18. The van der Waals surface area contributed by atoms with Crippen molar-refractivity contribution < 1.29 is 4.42 Å². The Bertz CT molecular complexity index is 2880. The molecule has 3 heteroatoms. The standard InChI is InChI=1S/C49H32N2O/c1-4-13-35(14-5-1)44-31-39-24-29-46-48(52-49(50-46)36-15-6-2-7-16-36)47(39)45-32-42(27-28-43(44)45)51(40-18-8-3-9-19-40)41-25-22-34(23-26-41)38-21-20-33-12-10-11-17-37(33)30-38/h1-32H. The highest BCUT2D eigenvalue weighted by Gasteiger charge is 2.19. The molecule has 0 aliphatic rings. The molecule has 0 bridgehead atoms. The molecule has 244 valence electrons. The van der Waals surface area contributed by atoms with E-state index in [0.717, 1.165) is 55.3 Å². The largest absolute Gasteiger partial charge is 0.435 e. The minimum absolute atomic E-state index is 0.622. The molecule has 0 saturated heterocycles. The number of benzene rings is 9. The van der Waals surface area contributed by atoms with E-state index >= 15 is 0 Å². The highest BCUT2D eigenvalue weighted by molar-refractivity contribution is 6.22. The first-order valence-corrected chi connectivity index (χ1v) is 17.6. The number of oxazole rings is 1. The predicted molar refractivity (Wildman–Crippen MR) is 218 cm³/mol. The Morgan fingerprint density at radius 3 is 1.77 bits per heavy atom. The lowest BCUT2D eigenvalue weighted by molar-refractivity contribution is 0.623. The van der Waals surface area contributed by atoms with Gasteiger partial charge in [-0.15, -0.1) is 0 Å². The maximum Gasteiger partial charge on any atom is 0.227 e. The van der Waals surface area contributed by atoms with Gasteiger partial charge < -0.3 is 9.32 Å². The number of hydrogen-bond donors (Lipinski definition) is 0. The molecule has 0 unspecified atom stereocenters. The molecule has 1 aromatic heterocycles. The van der Waals surface area contributed by atoms with Crippen molar-refractivity contribution in [3.05, 3.63) is 194 Å². The van der Waals surface area contributed by atoms with E-state index in [9.17, 15) is 0 Å². The molecule has 9 aromatic carbocycles. The highest BCUT2D eigenvalue weighted by Crippen LogP contribution is 2.43. The van der Waals surface area contributed by atoms with Gasteiger partial charge in [-0.1, -0.05) is 127 Å². The number of fused-ring (bicyclic) bond motifs is 6. The second-order valence-corrected chi connectivity index (χ2v) is 13.2. The fourth-order valence-electron chi connectivity index (χ4n) is 7.51. The van der Waals surface area contributed by atoms with Crippen LogP contribution in [-0.2, 0) is 0 Å². The summed E-state index contributed by atoms with van der Waals surface area (Å²) in [6, 6.07) is 68.8. The zero-order valence-corrected chi connectivity index (χ0v) is 28.3. The van der Waals surface area contributed by atoms with Gasteiger partial charge in [0.25, 0.3) is 0 Å². The summed E-state index contributed by atoms with van der Waals surface area (Å²) in [5, 5.41) is 6.93. The Hall–Kier alpha value is -6.97. The van der Waals surface area contributed by atoms with Gasteiger partial charge in [-0.3, -0.25) is 0 Å². The second kappa shape index (κ2) is 12.4. The maximum atomic E-state index is 6.65. The Morgan fingerprint density at radius 2 is 1.00 bits per heavy atom. The third-order valence-electron chi connectivity index (χ3n) is 10.0. The molecule has 3 nitrogen and oxygen atoms in total. The summed E-state index contributed by atoms with van der Waals surface area (Å²) >= 11 is 0. The SMILES string of the molecule is c1ccc(-c2nc3ccc4cc(-c5ccccc5)c5ccc(N(c6ccccc6)c6ccc(-c7ccc8ccccc8c7)cc6)cc5c4c3o2)cc1. The van der Waals surface area contributed by atoms with Crippen LogP contribution in [0.3, 0.4) is 0 Å². The van der Waals surface area contributed by atoms with E-state index in [1.54, 1.807) is 0 Å². The monoisotopic (exact) mass is 664 g/mol. The van der Waals surface area contributed by atoms with Crippen molar-refractivity contribution in [3.63, 3.8) is 0 Å². The van der Waals surface area contributed by atoms with Crippen molar-refractivity contribution in [2.24, 2.45) is 0 Å². The average molecular weight is 665 g/mol. The summed E-state index contributed by atoms with van der Waals surface area (Å²) in [7, 11) is 0. The van der Waals surface area contributed by atoms with Crippen LogP contribution < -0.4 is 4.90 Å². The Morgan fingerprint density at radius 1 is 0.385 bits per heavy atom. The number of para-hydroxylation sites is 1. The lowest BCUT2D eigenvalue weighted by atomic mass is 9.92. The molecule has 1 heterocycles. The van der Waals surface area contributed by atoms with E-state index in [1.165, 1.54) is 33.0 Å². The molecule has 0 fully saturated rings. The van der Waals surface area contributed by atoms with Crippen molar-refractivity contribution in [3.8, 4) is 33.7 Å². The van der Waals surface area contributed by atoms with Gasteiger partial charge in [0.1, 0.15) is 5.52 Å². The topological polar surface area (TPSA) is 29.3 Å². The number of anilines is 3. The van der Waals surface area contributed by atoms with Gasteiger partial charge >= 0.3 is 0 Å². The minimum atomic E-state index is 0.622. The zero-order valence-electron chi connectivity index (χ0n) is 28.3. The van der Waals surface area contributed by atoms with Crippen LogP contribution in [0.15, 0.2) is 199 Å². The van der Waals surface area contributed by atoms with Gasteiger partial charge in [0.05, 0.1) is 0 Å². The van der Waals surface area contributed by atoms with Crippen LogP contribution in [0.4, 0.5) is 17.1 Å². The summed E-state index contributed by atoms with van der Waals surface area (Å²) in [6.07, 6.45) is 0. The minimum Gasteiger partial charge on any atom is -0.435 e. The quantitative estimate of drug-likeness (QED) is 0.166. The van der Waals surface area contributed by atoms with Crippen LogP contribution in [-0.4, -0.2) is 4.98 Å². The molecule has 10 rings (SSSR count). The van der Waals surface area contributed by atoms with Gasteiger partial charge in [-0.05, 0) is 116 Å². The predicted octanol–water partition coefficient (Wildman–Crippen LogP) is 13.8. The molecule has 0 aliphatic carbocycles. The van der Waals surface area contributed by atoms with Crippen molar-refractivity contribution in [1.82, 2.24) is 4.98 Å². The van der Waals surface area contributed by atoms with Crippen LogP contribution >= 0.6 is 0 Å². The fraction of sp³-hybridized carbons (Fsp3) is 0. The Kier molecular flexibility index (Phi) is 7.14. The van der Waals surface area contributed by atoms with E-state index in [4.69, 9.17) is 9.40 Å². The van der Waals surface area contributed by atoms with Crippen LogP contribution in [0, 0.1) is 0 Å². The maximum absolute atomic E-state index is 6.65. The third kappa shape index (κ3) is 5.19. The lowest BCUT2D eigenvalue weighted by Crippen LogP contribution is -2.09. The van der Waals surface area contributed by atoms with Crippen LogP contribution in [0.25, 0.3) is 77.1 Å². The molecule has 0 N–H and O–H groups in total. The number of nitrogens with zero attached hydrogens (tertiary/aromatic N) is 2. The van der Waals surface area contributed by atoms with Crippen LogP contribution in [0.5, 0.6) is 0 Å². The molecular weight excluding hydrogens is 633 g/mol. The average Bonchev–Trinajstić information content (AvgIpc) is 3.67. The molecule has 52 heavy (non-hydrogen) atoms. The van der Waals surface area contributed by atoms with E-state index < -0.39 is 0 Å². The molecular formula is C49H32N2O. The fourth-order valence-corrected chi connectivity index (χ4v) is 7.51. The molecule has 0 amide bonds. The van der Waals surface area contributed by atoms with Crippen molar-refractivity contribution in [2.75, 3.05) is 4.90 Å². The Labute approximate surface area is 301 Å².